The van der Waals surface area contributed by atoms with Crippen LogP contribution in [0.3, 0.4) is 0 Å². The van der Waals surface area contributed by atoms with Crippen LogP contribution < -0.4 is 5.32 Å². The fourth-order valence-electron chi connectivity index (χ4n) is 2.96. The Labute approximate surface area is 158 Å². The minimum absolute atomic E-state index is 0.163. The monoisotopic (exact) mass is 404 g/mol. The largest absolute Gasteiger partial charge is 0.389 e. The van der Waals surface area contributed by atoms with Crippen molar-refractivity contribution >= 4 is 21.8 Å². The van der Waals surface area contributed by atoms with Crippen molar-refractivity contribution < 1.29 is 4.79 Å². The van der Waals surface area contributed by atoms with E-state index in [-0.39, 0.29) is 17.5 Å². The maximum absolute atomic E-state index is 12.5. The number of halogens is 1. The van der Waals surface area contributed by atoms with Gasteiger partial charge in [0.2, 0.25) is 0 Å². The molecule has 0 unspecified atom stereocenters. The SMILES string of the molecule is CN1CCC(N(C)C(=O)/C(C#N)=C\NCCc2cccc(Br)c2)CC1. The second-order valence-electron chi connectivity index (χ2n) is 6.45. The van der Waals surface area contributed by atoms with Gasteiger partial charge in [-0.3, -0.25) is 4.79 Å². The highest BCUT2D eigenvalue weighted by Gasteiger charge is 2.25. The predicted octanol–water partition coefficient (Wildman–Crippen LogP) is 2.54. The molecule has 5 nitrogen and oxygen atoms in total. The summed E-state index contributed by atoms with van der Waals surface area (Å²) in [5, 5.41) is 12.4. The first-order valence-corrected chi connectivity index (χ1v) is 9.34. The van der Waals surface area contributed by atoms with E-state index in [2.05, 4.69) is 45.3 Å². The lowest BCUT2D eigenvalue weighted by molar-refractivity contribution is -0.128. The molecule has 0 spiro atoms. The number of hydrogen-bond acceptors (Lipinski definition) is 4. The van der Waals surface area contributed by atoms with Gasteiger partial charge in [0.05, 0.1) is 0 Å². The number of likely N-dealkylation sites (N-methyl/N-ethyl adjacent to an activating group) is 1. The molecule has 1 aromatic rings. The number of carbonyl (C=O) groups excluding carboxylic acids is 1. The number of hydrogen-bond donors (Lipinski definition) is 1. The molecule has 1 N–H and O–H groups in total. The first-order chi connectivity index (χ1) is 12.0. The predicted molar refractivity (Wildman–Crippen MR) is 103 cm³/mol. The van der Waals surface area contributed by atoms with Gasteiger partial charge in [0.1, 0.15) is 11.6 Å². The molecule has 6 heteroatoms. The second kappa shape index (κ2) is 9.59. The van der Waals surface area contributed by atoms with Gasteiger partial charge in [-0.25, -0.2) is 0 Å². The lowest BCUT2D eigenvalue weighted by atomic mass is 10.0. The molecule has 25 heavy (non-hydrogen) atoms. The Morgan fingerprint density at radius 3 is 2.84 bits per heavy atom. The molecule has 0 bridgehead atoms. The Morgan fingerprint density at radius 1 is 1.48 bits per heavy atom. The van der Waals surface area contributed by atoms with Crippen LogP contribution in [0.2, 0.25) is 0 Å². The number of rotatable bonds is 6. The Hall–Kier alpha value is -1.84. The number of benzene rings is 1. The van der Waals surface area contributed by atoms with Gasteiger partial charge in [0.25, 0.3) is 5.91 Å². The minimum atomic E-state index is -0.202. The second-order valence-corrected chi connectivity index (χ2v) is 7.37. The first-order valence-electron chi connectivity index (χ1n) is 8.55. The highest BCUT2D eigenvalue weighted by molar-refractivity contribution is 9.10. The fourth-order valence-corrected chi connectivity index (χ4v) is 3.41. The van der Waals surface area contributed by atoms with Crippen LogP contribution in [0.25, 0.3) is 0 Å². The summed E-state index contributed by atoms with van der Waals surface area (Å²) in [4.78, 5) is 16.5. The molecule has 0 atom stereocenters. The van der Waals surface area contributed by atoms with Crippen molar-refractivity contribution in [2.24, 2.45) is 0 Å². The molecule has 0 aromatic heterocycles. The third-order valence-corrected chi connectivity index (χ3v) is 5.09. The van der Waals surface area contributed by atoms with E-state index >= 15 is 0 Å². The maximum atomic E-state index is 12.5. The summed E-state index contributed by atoms with van der Waals surface area (Å²) in [6.45, 7) is 2.64. The van der Waals surface area contributed by atoms with Gasteiger partial charge >= 0.3 is 0 Å². The fraction of sp³-hybridized carbons (Fsp3) is 0.474. The Balaban J connectivity index is 1.86. The summed E-state index contributed by atoms with van der Waals surface area (Å²) < 4.78 is 1.05. The summed E-state index contributed by atoms with van der Waals surface area (Å²) in [5.74, 6) is -0.202. The van der Waals surface area contributed by atoms with E-state index in [1.165, 1.54) is 5.56 Å². The van der Waals surface area contributed by atoms with Crippen LogP contribution >= 0.6 is 15.9 Å². The van der Waals surface area contributed by atoms with Gasteiger partial charge in [-0.2, -0.15) is 5.26 Å². The first kappa shape index (κ1) is 19.5. The van der Waals surface area contributed by atoms with E-state index in [0.29, 0.717) is 6.54 Å². The molecule has 0 radical (unpaired) electrons. The minimum Gasteiger partial charge on any atom is -0.389 e. The van der Waals surface area contributed by atoms with Gasteiger partial charge in [0, 0.05) is 30.3 Å². The number of nitriles is 1. The standard InChI is InChI=1S/C19H25BrN4O/c1-23-10-7-18(8-11-23)24(2)19(25)16(13-21)14-22-9-6-15-4-3-5-17(20)12-15/h3-5,12,14,18,22H,6-11H2,1-2H3/b16-14-. The molecule has 0 aliphatic carbocycles. The molecule has 1 aliphatic rings. The van der Waals surface area contributed by atoms with E-state index in [1.807, 2.05) is 18.2 Å². The molecule has 1 aliphatic heterocycles. The molecular weight excluding hydrogens is 380 g/mol. The zero-order valence-electron chi connectivity index (χ0n) is 14.8. The van der Waals surface area contributed by atoms with Crippen molar-refractivity contribution in [3.8, 4) is 6.07 Å². The van der Waals surface area contributed by atoms with Crippen LogP contribution in [0.1, 0.15) is 18.4 Å². The van der Waals surface area contributed by atoms with Crippen molar-refractivity contribution in [1.82, 2.24) is 15.1 Å². The number of nitrogens with zero attached hydrogens (tertiary/aromatic N) is 3. The zero-order valence-corrected chi connectivity index (χ0v) is 16.4. The lowest BCUT2D eigenvalue weighted by Crippen LogP contribution is -2.45. The summed E-state index contributed by atoms with van der Waals surface area (Å²) in [5.41, 5.74) is 1.36. The van der Waals surface area contributed by atoms with Crippen molar-refractivity contribution in [2.75, 3.05) is 33.7 Å². The van der Waals surface area contributed by atoms with Crippen molar-refractivity contribution in [3.63, 3.8) is 0 Å². The summed E-state index contributed by atoms with van der Waals surface area (Å²) >= 11 is 3.45. The summed E-state index contributed by atoms with van der Waals surface area (Å²) in [6, 6.07) is 10.3. The van der Waals surface area contributed by atoms with E-state index in [4.69, 9.17) is 0 Å². The van der Waals surface area contributed by atoms with E-state index < -0.39 is 0 Å². The van der Waals surface area contributed by atoms with Crippen molar-refractivity contribution in [2.45, 2.75) is 25.3 Å². The van der Waals surface area contributed by atoms with E-state index in [0.717, 1.165) is 36.8 Å². The van der Waals surface area contributed by atoms with Crippen LogP contribution in [-0.2, 0) is 11.2 Å². The van der Waals surface area contributed by atoms with Gasteiger partial charge < -0.3 is 15.1 Å². The van der Waals surface area contributed by atoms with Crippen molar-refractivity contribution in [3.05, 3.63) is 46.1 Å². The van der Waals surface area contributed by atoms with Crippen LogP contribution in [0.15, 0.2) is 40.5 Å². The normalized spacial score (nSPS) is 16.3. The molecule has 0 saturated carbocycles. The van der Waals surface area contributed by atoms with E-state index in [1.54, 1.807) is 18.1 Å². The van der Waals surface area contributed by atoms with Crippen LogP contribution in [0.4, 0.5) is 0 Å². The topological polar surface area (TPSA) is 59.4 Å². The average Bonchev–Trinajstić information content (AvgIpc) is 2.61. The number of carbonyl (C=O) groups is 1. The molecular formula is C19H25BrN4O. The van der Waals surface area contributed by atoms with Gasteiger partial charge in [-0.1, -0.05) is 28.1 Å². The molecule has 1 fully saturated rings. The number of piperidine rings is 1. The number of likely N-dealkylation sites (tertiary alicyclic amines) is 1. The molecule has 2 rings (SSSR count). The highest BCUT2D eigenvalue weighted by atomic mass is 79.9. The van der Waals surface area contributed by atoms with Crippen LogP contribution in [0.5, 0.6) is 0 Å². The third-order valence-electron chi connectivity index (χ3n) is 4.60. The van der Waals surface area contributed by atoms with Crippen LogP contribution in [0, 0.1) is 11.3 Å². The molecule has 1 heterocycles. The van der Waals surface area contributed by atoms with Gasteiger partial charge in [-0.15, -0.1) is 0 Å². The highest BCUT2D eigenvalue weighted by Crippen LogP contribution is 2.16. The molecule has 134 valence electrons. The Kier molecular flexibility index (Phi) is 7.48. The van der Waals surface area contributed by atoms with Crippen molar-refractivity contribution in [1.29, 1.82) is 5.26 Å². The molecule has 1 saturated heterocycles. The molecule has 1 aromatic carbocycles. The quantitative estimate of drug-likeness (QED) is 0.449. The summed E-state index contributed by atoms with van der Waals surface area (Å²) in [7, 11) is 3.89. The smallest absolute Gasteiger partial charge is 0.265 e. The maximum Gasteiger partial charge on any atom is 0.265 e. The zero-order chi connectivity index (χ0) is 18.2. The number of nitrogens with one attached hydrogen (secondary N) is 1. The number of amides is 1. The van der Waals surface area contributed by atoms with Gasteiger partial charge in [-0.05, 0) is 57.1 Å². The lowest BCUT2D eigenvalue weighted by Gasteiger charge is -2.34. The Morgan fingerprint density at radius 2 is 2.20 bits per heavy atom. The van der Waals surface area contributed by atoms with Gasteiger partial charge in [0.15, 0.2) is 0 Å². The molecule has 1 amide bonds. The third kappa shape index (κ3) is 5.87. The summed E-state index contributed by atoms with van der Waals surface area (Å²) in [6.07, 6.45) is 4.28. The van der Waals surface area contributed by atoms with E-state index in [9.17, 15) is 10.1 Å². The van der Waals surface area contributed by atoms with Crippen LogP contribution in [-0.4, -0.2) is 55.5 Å². The average molecular weight is 405 g/mol. The Bertz CT molecular complexity index is 660.